The van der Waals surface area contributed by atoms with Gasteiger partial charge < -0.3 is 20.3 Å². The first-order valence-electron chi connectivity index (χ1n) is 8.15. The van der Waals surface area contributed by atoms with Crippen LogP contribution < -0.4 is 16.1 Å². The Hall–Kier alpha value is -2.19. The van der Waals surface area contributed by atoms with Crippen LogP contribution in [0.25, 0.3) is 0 Å². The number of rotatable bonds is 6. The standard InChI is InChI=1S/C16H18BFN4O2/c18-14-8-20-16(22-15(14)19-6-5-10-1-2-10)21-12-3-4-13-11(7-12)9-24-17(13)23/h3-4,7-8,10,23H,1-2,5-6,9H2,(H2,19,20,21,22). The van der Waals surface area contributed by atoms with E-state index in [-0.39, 0.29) is 5.82 Å². The van der Waals surface area contributed by atoms with E-state index in [9.17, 15) is 9.41 Å². The summed E-state index contributed by atoms with van der Waals surface area (Å²) in [5, 5.41) is 15.7. The Morgan fingerprint density at radius 3 is 3.08 bits per heavy atom. The molecule has 24 heavy (non-hydrogen) atoms. The SMILES string of the molecule is OB1OCc2cc(Nc3ncc(F)c(NCCC4CC4)n3)ccc21. The molecular formula is C16H18BFN4O2. The number of nitrogens with zero attached hydrogens (tertiary/aromatic N) is 2. The lowest BCUT2D eigenvalue weighted by Gasteiger charge is -2.10. The summed E-state index contributed by atoms with van der Waals surface area (Å²) in [7, 11) is -0.863. The van der Waals surface area contributed by atoms with Gasteiger partial charge in [0.15, 0.2) is 11.6 Å². The molecule has 0 unspecified atom stereocenters. The molecule has 0 atom stereocenters. The number of fused-ring (bicyclic) bond motifs is 1. The van der Waals surface area contributed by atoms with Crippen molar-refractivity contribution in [2.75, 3.05) is 17.2 Å². The van der Waals surface area contributed by atoms with Gasteiger partial charge in [-0.15, -0.1) is 0 Å². The molecule has 1 fully saturated rings. The van der Waals surface area contributed by atoms with Crippen LogP contribution in [0.2, 0.25) is 0 Å². The normalized spacial score (nSPS) is 16.2. The Morgan fingerprint density at radius 1 is 1.38 bits per heavy atom. The van der Waals surface area contributed by atoms with Gasteiger partial charge in [0, 0.05) is 12.2 Å². The number of benzene rings is 1. The fourth-order valence-corrected chi connectivity index (χ4v) is 2.79. The molecule has 6 nitrogen and oxygen atoms in total. The van der Waals surface area contributed by atoms with Crippen LogP contribution in [0.3, 0.4) is 0 Å². The molecule has 124 valence electrons. The van der Waals surface area contributed by atoms with Gasteiger partial charge in [-0.1, -0.05) is 18.9 Å². The van der Waals surface area contributed by atoms with Crippen LogP contribution in [0.4, 0.5) is 21.8 Å². The summed E-state index contributed by atoms with van der Waals surface area (Å²) in [6.07, 6.45) is 4.75. The Balaban J connectivity index is 1.45. The third-order valence-electron chi connectivity index (χ3n) is 4.35. The molecule has 1 aliphatic heterocycles. The van der Waals surface area contributed by atoms with Gasteiger partial charge in [-0.25, -0.2) is 9.37 Å². The van der Waals surface area contributed by atoms with Gasteiger partial charge in [-0.3, -0.25) is 0 Å². The Morgan fingerprint density at radius 2 is 2.25 bits per heavy atom. The summed E-state index contributed by atoms with van der Waals surface area (Å²) >= 11 is 0. The second kappa shape index (κ2) is 6.37. The zero-order valence-electron chi connectivity index (χ0n) is 13.1. The minimum atomic E-state index is -0.863. The summed E-state index contributed by atoms with van der Waals surface area (Å²) in [6.45, 7) is 1.08. The van der Waals surface area contributed by atoms with Crippen molar-refractivity contribution in [3.05, 3.63) is 35.8 Å². The lowest BCUT2D eigenvalue weighted by molar-refractivity contribution is 0.275. The maximum atomic E-state index is 13.8. The Labute approximate surface area is 139 Å². The smallest absolute Gasteiger partial charge is 0.423 e. The van der Waals surface area contributed by atoms with E-state index < -0.39 is 12.9 Å². The van der Waals surface area contributed by atoms with Gasteiger partial charge in [0.25, 0.3) is 0 Å². The molecule has 8 heteroatoms. The quantitative estimate of drug-likeness (QED) is 0.702. The summed E-state index contributed by atoms with van der Waals surface area (Å²) in [4.78, 5) is 8.18. The molecule has 2 heterocycles. The molecule has 4 rings (SSSR count). The van der Waals surface area contributed by atoms with Crippen molar-refractivity contribution in [1.29, 1.82) is 0 Å². The van der Waals surface area contributed by atoms with Crippen LogP contribution in [0, 0.1) is 11.7 Å². The predicted octanol–water partition coefficient (Wildman–Crippen LogP) is 1.79. The number of nitrogens with one attached hydrogen (secondary N) is 2. The van der Waals surface area contributed by atoms with Gasteiger partial charge in [0.1, 0.15) is 0 Å². The third kappa shape index (κ3) is 3.34. The van der Waals surface area contributed by atoms with Crippen LogP contribution in [-0.2, 0) is 11.3 Å². The zero-order valence-corrected chi connectivity index (χ0v) is 13.1. The van der Waals surface area contributed by atoms with Crippen LogP contribution >= 0.6 is 0 Å². The summed E-state index contributed by atoms with van der Waals surface area (Å²) in [5.74, 6) is 0.864. The Kier molecular flexibility index (Phi) is 4.07. The molecule has 0 radical (unpaired) electrons. The van der Waals surface area contributed by atoms with E-state index in [0.717, 1.165) is 35.2 Å². The minimum absolute atomic E-state index is 0.216. The van der Waals surface area contributed by atoms with E-state index in [1.54, 1.807) is 6.07 Å². The monoisotopic (exact) mass is 328 g/mol. The largest absolute Gasteiger partial charge is 0.491 e. The van der Waals surface area contributed by atoms with Crippen molar-refractivity contribution >= 4 is 30.0 Å². The number of anilines is 3. The second-order valence-corrected chi connectivity index (χ2v) is 6.25. The number of hydrogen-bond acceptors (Lipinski definition) is 6. The predicted molar refractivity (Wildman–Crippen MR) is 89.9 cm³/mol. The molecule has 2 aromatic rings. The van der Waals surface area contributed by atoms with Gasteiger partial charge in [-0.2, -0.15) is 4.98 Å². The van der Waals surface area contributed by atoms with E-state index in [1.165, 1.54) is 12.8 Å². The summed E-state index contributed by atoms with van der Waals surface area (Å²) in [6, 6.07) is 5.48. The highest BCUT2D eigenvalue weighted by molar-refractivity contribution is 6.61. The average molecular weight is 328 g/mol. The summed E-state index contributed by atoms with van der Waals surface area (Å²) < 4.78 is 19.0. The lowest BCUT2D eigenvalue weighted by atomic mass is 9.79. The van der Waals surface area contributed by atoms with Gasteiger partial charge in [0.2, 0.25) is 5.95 Å². The molecule has 0 spiro atoms. The first-order chi connectivity index (χ1) is 11.7. The van der Waals surface area contributed by atoms with Crippen molar-refractivity contribution in [2.24, 2.45) is 5.92 Å². The Bertz CT molecular complexity index is 757. The fourth-order valence-electron chi connectivity index (χ4n) is 2.79. The van der Waals surface area contributed by atoms with Crippen LogP contribution in [0.15, 0.2) is 24.4 Å². The van der Waals surface area contributed by atoms with E-state index in [1.807, 2.05) is 12.1 Å². The van der Waals surface area contributed by atoms with E-state index in [2.05, 4.69) is 20.6 Å². The molecule has 0 amide bonds. The van der Waals surface area contributed by atoms with Gasteiger partial charge in [0.05, 0.1) is 12.8 Å². The van der Waals surface area contributed by atoms with Crippen LogP contribution in [0.1, 0.15) is 24.8 Å². The van der Waals surface area contributed by atoms with Crippen molar-refractivity contribution in [3.63, 3.8) is 0 Å². The molecule has 0 bridgehead atoms. The molecule has 0 saturated heterocycles. The maximum Gasteiger partial charge on any atom is 0.491 e. The number of hydrogen-bond donors (Lipinski definition) is 3. The molecule has 3 N–H and O–H groups in total. The van der Waals surface area contributed by atoms with E-state index >= 15 is 0 Å². The van der Waals surface area contributed by atoms with Gasteiger partial charge in [-0.05, 0) is 35.5 Å². The summed E-state index contributed by atoms with van der Waals surface area (Å²) in [5.41, 5.74) is 2.45. The van der Waals surface area contributed by atoms with Crippen molar-refractivity contribution < 1.29 is 14.1 Å². The number of aromatic nitrogens is 2. The highest BCUT2D eigenvalue weighted by Gasteiger charge is 2.27. The molecule has 1 aromatic heterocycles. The number of halogens is 1. The fraction of sp³-hybridized carbons (Fsp3) is 0.375. The minimum Gasteiger partial charge on any atom is -0.423 e. The highest BCUT2D eigenvalue weighted by Crippen LogP contribution is 2.32. The van der Waals surface area contributed by atoms with Crippen LogP contribution in [0.5, 0.6) is 0 Å². The zero-order chi connectivity index (χ0) is 16.5. The van der Waals surface area contributed by atoms with Crippen molar-refractivity contribution in [2.45, 2.75) is 25.9 Å². The molecule has 2 aliphatic rings. The van der Waals surface area contributed by atoms with Crippen LogP contribution in [-0.4, -0.2) is 28.7 Å². The first kappa shape index (κ1) is 15.3. The average Bonchev–Trinajstić information content (AvgIpc) is 3.33. The molecule has 1 aliphatic carbocycles. The molecule has 1 aromatic carbocycles. The van der Waals surface area contributed by atoms with E-state index in [0.29, 0.717) is 19.1 Å². The topological polar surface area (TPSA) is 79.3 Å². The van der Waals surface area contributed by atoms with Crippen molar-refractivity contribution in [1.82, 2.24) is 9.97 Å². The lowest BCUT2D eigenvalue weighted by Crippen LogP contribution is -2.27. The highest BCUT2D eigenvalue weighted by atomic mass is 19.1. The first-order valence-corrected chi connectivity index (χ1v) is 8.15. The van der Waals surface area contributed by atoms with Gasteiger partial charge >= 0.3 is 7.12 Å². The van der Waals surface area contributed by atoms with E-state index in [4.69, 9.17) is 4.65 Å². The molecule has 1 saturated carbocycles. The molecular weight excluding hydrogens is 310 g/mol. The second-order valence-electron chi connectivity index (χ2n) is 6.25. The van der Waals surface area contributed by atoms with Crippen molar-refractivity contribution in [3.8, 4) is 0 Å². The third-order valence-corrected chi connectivity index (χ3v) is 4.35. The maximum absolute atomic E-state index is 13.8.